The molecule has 2 unspecified atom stereocenters. The van der Waals surface area contributed by atoms with Gasteiger partial charge in [0.05, 0.1) is 5.41 Å². The van der Waals surface area contributed by atoms with Crippen LogP contribution in [-0.4, -0.2) is 48.4 Å². The molecule has 0 spiro atoms. The van der Waals surface area contributed by atoms with Gasteiger partial charge in [0.1, 0.15) is 11.9 Å². The van der Waals surface area contributed by atoms with Gasteiger partial charge in [-0.05, 0) is 80.1 Å². The summed E-state index contributed by atoms with van der Waals surface area (Å²) in [5.74, 6) is -0.0860. The van der Waals surface area contributed by atoms with Gasteiger partial charge in [0.25, 0.3) is 0 Å². The number of carbonyl (C=O) groups is 2. The van der Waals surface area contributed by atoms with Crippen LogP contribution in [0.15, 0.2) is 53.0 Å². The molecule has 2 aromatic rings. The molecule has 4 aliphatic rings. The fraction of sp³-hybridized carbons (Fsp3) is 0.462. The van der Waals surface area contributed by atoms with Crippen LogP contribution in [0.4, 0.5) is 4.39 Å². The molecule has 33 heavy (non-hydrogen) atoms. The lowest BCUT2D eigenvalue weighted by Gasteiger charge is -2.45. The van der Waals surface area contributed by atoms with Crippen molar-refractivity contribution in [3.05, 3.63) is 69.9 Å². The van der Waals surface area contributed by atoms with E-state index in [2.05, 4.69) is 31.5 Å². The van der Waals surface area contributed by atoms with Crippen molar-refractivity contribution in [2.75, 3.05) is 19.6 Å². The van der Waals surface area contributed by atoms with Crippen molar-refractivity contribution >= 4 is 27.7 Å². The lowest BCUT2D eigenvalue weighted by atomic mass is 9.84. The molecule has 2 N–H and O–H groups in total. The van der Waals surface area contributed by atoms with Crippen LogP contribution in [0.2, 0.25) is 0 Å². The van der Waals surface area contributed by atoms with E-state index in [-0.39, 0.29) is 23.7 Å². The number of carbonyl (C=O) groups excluding carboxylic acids is 2. The minimum absolute atomic E-state index is 0.125. The van der Waals surface area contributed by atoms with Gasteiger partial charge in [0, 0.05) is 23.5 Å². The summed E-state index contributed by atoms with van der Waals surface area (Å²) in [6, 6.07) is 13.4. The van der Waals surface area contributed by atoms with E-state index in [1.54, 1.807) is 12.1 Å². The molecule has 4 fully saturated rings. The monoisotopic (exact) mass is 513 g/mol. The largest absolute Gasteiger partial charge is 0.350 e. The Morgan fingerprint density at radius 3 is 2.30 bits per heavy atom. The smallest absolute Gasteiger partial charge is 0.243 e. The third-order valence-electron chi connectivity index (χ3n) is 7.54. The molecule has 174 valence electrons. The highest BCUT2D eigenvalue weighted by Crippen LogP contribution is 2.48. The Morgan fingerprint density at radius 2 is 1.73 bits per heavy atom. The van der Waals surface area contributed by atoms with E-state index in [9.17, 15) is 14.0 Å². The lowest BCUT2D eigenvalue weighted by Crippen LogP contribution is -2.60. The van der Waals surface area contributed by atoms with Crippen molar-refractivity contribution < 1.29 is 14.0 Å². The van der Waals surface area contributed by atoms with Crippen LogP contribution in [0, 0.1) is 11.7 Å². The Morgan fingerprint density at radius 1 is 1.06 bits per heavy atom. The molecule has 3 heterocycles. The summed E-state index contributed by atoms with van der Waals surface area (Å²) in [6.45, 7) is 3.10. The second-order valence-electron chi connectivity index (χ2n) is 9.70. The molecule has 1 saturated carbocycles. The first-order chi connectivity index (χ1) is 15.9. The van der Waals surface area contributed by atoms with Gasteiger partial charge in [-0.3, -0.25) is 9.59 Å². The van der Waals surface area contributed by atoms with E-state index in [0.29, 0.717) is 25.2 Å². The number of hydrogen-bond donors (Lipinski definition) is 2. The van der Waals surface area contributed by atoms with Gasteiger partial charge >= 0.3 is 0 Å². The van der Waals surface area contributed by atoms with E-state index in [0.717, 1.165) is 48.1 Å². The number of benzene rings is 2. The molecule has 2 bridgehead atoms. The molecular formula is C26H29BrFN3O2. The Labute approximate surface area is 202 Å². The number of halogens is 2. The molecular weight excluding hydrogens is 485 g/mol. The average Bonchev–Trinajstić information content (AvgIpc) is 3.63. The van der Waals surface area contributed by atoms with Crippen molar-refractivity contribution in [1.82, 2.24) is 15.5 Å². The summed E-state index contributed by atoms with van der Waals surface area (Å²) in [6.07, 6.45) is 4.06. The van der Waals surface area contributed by atoms with Crippen LogP contribution in [0.5, 0.6) is 0 Å². The molecule has 2 atom stereocenters. The van der Waals surface area contributed by atoms with Gasteiger partial charge in [0.2, 0.25) is 11.8 Å². The highest BCUT2D eigenvalue weighted by atomic mass is 79.9. The second-order valence-corrected chi connectivity index (χ2v) is 10.6. The molecule has 0 aromatic heterocycles. The minimum atomic E-state index is -0.665. The summed E-state index contributed by atoms with van der Waals surface area (Å²) in [7, 11) is 0. The fourth-order valence-electron chi connectivity index (χ4n) is 5.31. The number of rotatable bonds is 7. The summed E-state index contributed by atoms with van der Waals surface area (Å²) >= 11 is 3.45. The van der Waals surface area contributed by atoms with Crippen molar-refractivity contribution in [3.63, 3.8) is 0 Å². The van der Waals surface area contributed by atoms with Crippen molar-refractivity contribution in [2.24, 2.45) is 5.92 Å². The number of nitrogens with zero attached hydrogens (tertiary/aromatic N) is 1. The normalized spacial score (nSPS) is 25.8. The van der Waals surface area contributed by atoms with Gasteiger partial charge in [0.15, 0.2) is 0 Å². The molecule has 3 saturated heterocycles. The first-order valence-corrected chi connectivity index (χ1v) is 12.6. The molecule has 5 nitrogen and oxygen atoms in total. The van der Waals surface area contributed by atoms with Crippen LogP contribution >= 0.6 is 15.9 Å². The fourth-order valence-corrected chi connectivity index (χ4v) is 5.58. The van der Waals surface area contributed by atoms with E-state index < -0.39 is 11.5 Å². The van der Waals surface area contributed by atoms with E-state index >= 15 is 0 Å². The van der Waals surface area contributed by atoms with E-state index in [4.69, 9.17) is 0 Å². The van der Waals surface area contributed by atoms with Crippen molar-refractivity contribution in [3.8, 4) is 0 Å². The molecule has 7 heteroatoms. The lowest BCUT2D eigenvalue weighted by molar-refractivity contribution is -0.131. The first-order valence-electron chi connectivity index (χ1n) is 11.8. The van der Waals surface area contributed by atoms with Gasteiger partial charge in [-0.1, -0.05) is 40.2 Å². The first kappa shape index (κ1) is 22.5. The van der Waals surface area contributed by atoms with Crippen LogP contribution in [0.25, 0.3) is 0 Å². The highest BCUT2D eigenvalue weighted by Gasteiger charge is 2.52. The standard InChI is InChI=1S/C26H29BrFN3O2/c27-20-5-1-17(2-6-20)15-22(24(32)29-23-16-31-13-9-18(23)10-14-31)30-25(33)26(11-12-26)19-3-7-21(28)8-4-19/h1-8,18,22-23H,9-16H2,(H,29,32)(H,30,33). The Balaban J connectivity index is 1.33. The number of fused-ring (bicyclic) bond motifs is 3. The summed E-state index contributed by atoms with van der Waals surface area (Å²) in [4.78, 5) is 29.2. The number of piperidine rings is 3. The van der Waals surface area contributed by atoms with E-state index in [1.165, 1.54) is 12.1 Å². The maximum absolute atomic E-state index is 13.4. The predicted molar refractivity (Wildman–Crippen MR) is 128 cm³/mol. The van der Waals surface area contributed by atoms with Crippen LogP contribution < -0.4 is 10.6 Å². The highest BCUT2D eigenvalue weighted by molar-refractivity contribution is 9.10. The maximum Gasteiger partial charge on any atom is 0.243 e. The van der Waals surface area contributed by atoms with Gasteiger partial charge in [-0.15, -0.1) is 0 Å². The number of nitrogens with one attached hydrogen (secondary N) is 2. The molecule has 6 rings (SSSR count). The van der Waals surface area contributed by atoms with Crippen LogP contribution in [0.3, 0.4) is 0 Å². The SMILES string of the molecule is O=C(NC1CN2CCC1CC2)C(Cc1ccc(Br)cc1)NC(=O)C1(c2ccc(F)cc2)CC1. The molecule has 2 aromatic carbocycles. The van der Waals surface area contributed by atoms with Gasteiger partial charge in [-0.2, -0.15) is 0 Å². The van der Waals surface area contributed by atoms with Gasteiger partial charge in [-0.25, -0.2) is 4.39 Å². The quantitative estimate of drug-likeness (QED) is 0.594. The summed E-state index contributed by atoms with van der Waals surface area (Å²) < 4.78 is 14.4. The molecule has 0 radical (unpaired) electrons. The third-order valence-corrected chi connectivity index (χ3v) is 8.07. The van der Waals surface area contributed by atoms with Crippen molar-refractivity contribution in [1.29, 1.82) is 0 Å². The molecule has 2 amide bonds. The molecule has 3 aliphatic heterocycles. The number of hydrogen-bond acceptors (Lipinski definition) is 3. The predicted octanol–water partition coefficient (Wildman–Crippen LogP) is 3.56. The molecule has 1 aliphatic carbocycles. The van der Waals surface area contributed by atoms with Crippen molar-refractivity contribution in [2.45, 2.75) is 49.6 Å². The minimum Gasteiger partial charge on any atom is -0.350 e. The topological polar surface area (TPSA) is 61.4 Å². The number of amides is 2. The zero-order chi connectivity index (χ0) is 23.0. The zero-order valence-corrected chi connectivity index (χ0v) is 20.1. The van der Waals surface area contributed by atoms with E-state index in [1.807, 2.05) is 24.3 Å². The average molecular weight is 514 g/mol. The Bertz CT molecular complexity index is 1010. The zero-order valence-electron chi connectivity index (χ0n) is 18.5. The summed E-state index contributed by atoms with van der Waals surface area (Å²) in [5.41, 5.74) is 1.13. The maximum atomic E-state index is 13.4. The second kappa shape index (κ2) is 9.18. The van der Waals surface area contributed by atoms with Gasteiger partial charge < -0.3 is 15.5 Å². The Hall–Kier alpha value is -2.25. The third kappa shape index (κ3) is 4.85. The Kier molecular flexibility index (Phi) is 6.27. The summed E-state index contributed by atoms with van der Waals surface area (Å²) in [5, 5.41) is 6.31. The van der Waals surface area contributed by atoms with Crippen LogP contribution in [-0.2, 0) is 21.4 Å². The van der Waals surface area contributed by atoms with Crippen LogP contribution in [0.1, 0.15) is 36.8 Å².